The molecule has 2 nitrogen and oxygen atoms in total. The van der Waals surface area contributed by atoms with Crippen molar-refractivity contribution in [2.75, 3.05) is 25.1 Å². The lowest BCUT2D eigenvalue weighted by molar-refractivity contribution is 0.141. The van der Waals surface area contributed by atoms with E-state index >= 15 is 0 Å². The summed E-state index contributed by atoms with van der Waals surface area (Å²) in [6, 6.07) is 18.7. The lowest BCUT2D eigenvalue weighted by Gasteiger charge is -2.09. The molecule has 0 spiro atoms. The maximum absolute atomic E-state index is 5.64. The first-order chi connectivity index (χ1) is 9.86. The molecule has 0 aliphatic heterocycles. The Morgan fingerprint density at radius 3 is 2.45 bits per heavy atom. The molecular weight excluding hydrogens is 314 g/mol. The van der Waals surface area contributed by atoms with Gasteiger partial charge in [-0.25, -0.2) is 0 Å². The largest absolute Gasteiger partial charge is 0.382 e. The monoisotopic (exact) mass is 333 g/mol. The van der Waals surface area contributed by atoms with E-state index in [0.717, 1.165) is 42.8 Å². The van der Waals surface area contributed by atoms with E-state index in [9.17, 15) is 0 Å². The van der Waals surface area contributed by atoms with E-state index in [4.69, 9.17) is 4.74 Å². The first kappa shape index (κ1) is 15.1. The Morgan fingerprint density at radius 2 is 1.65 bits per heavy atom. The molecule has 20 heavy (non-hydrogen) atoms. The van der Waals surface area contributed by atoms with Crippen LogP contribution in [0.2, 0.25) is 0 Å². The highest BCUT2D eigenvalue weighted by Crippen LogP contribution is 2.20. The molecule has 0 unspecified atom stereocenters. The minimum atomic E-state index is 0.732. The van der Waals surface area contributed by atoms with Crippen molar-refractivity contribution in [1.29, 1.82) is 0 Å². The second-order valence-electron chi connectivity index (χ2n) is 4.61. The number of para-hydroxylation sites is 1. The number of rotatable bonds is 8. The summed E-state index contributed by atoms with van der Waals surface area (Å²) in [6.45, 7) is 2.37. The van der Waals surface area contributed by atoms with Gasteiger partial charge in [0.25, 0.3) is 0 Å². The maximum atomic E-state index is 5.64. The van der Waals surface area contributed by atoms with Crippen LogP contribution in [0.4, 0.5) is 5.69 Å². The third kappa shape index (κ3) is 5.35. The summed E-state index contributed by atoms with van der Waals surface area (Å²) in [6.07, 6.45) is 2.15. The smallest absolute Gasteiger partial charge is 0.0639 e. The fraction of sp³-hybridized carbons (Fsp3) is 0.294. The van der Waals surface area contributed by atoms with Gasteiger partial charge in [-0.2, -0.15) is 0 Å². The summed E-state index contributed by atoms with van der Waals surface area (Å²) in [5.41, 5.74) is 2.49. The van der Waals surface area contributed by atoms with Crippen LogP contribution in [0.1, 0.15) is 12.0 Å². The van der Waals surface area contributed by atoms with Gasteiger partial charge >= 0.3 is 0 Å². The number of ether oxygens (including phenoxy) is 1. The molecule has 0 amide bonds. The van der Waals surface area contributed by atoms with E-state index in [1.54, 1.807) is 0 Å². The number of hydrogen-bond acceptors (Lipinski definition) is 2. The third-order valence-electron chi connectivity index (χ3n) is 3.03. The highest BCUT2D eigenvalue weighted by atomic mass is 79.9. The molecule has 0 saturated heterocycles. The van der Waals surface area contributed by atoms with Crippen LogP contribution >= 0.6 is 15.9 Å². The molecule has 2 aromatic rings. The maximum Gasteiger partial charge on any atom is 0.0639 e. The van der Waals surface area contributed by atoms with Crippen molar-refractivity contribution in [2.24, 2.45) is 0 Å². The fourth-order valence-electron chi connectivity index (χ4n) is 1.99. The fourth-order valence-corrected chi connectivity index (χ4v) is 2.41. The number of aryl methyl sites for hydroxylation is 1. The zero-order chi connectivity index (χ0) is 14.0. The van der Waals surface area contributed by atoms with Crippen molar-refractivity contribution in [3.63, 3.8) is 0 Å². The molecule has 0 saturated carbocycles. The second-order valence-corrected chi connectivity index (χ2v) is 5.46. The van der Waals surface area contributed by atoms with E-state index in [0.29, 0.717) is 0 Å². The Labute approximate surface area is 129 Å². The van der Waals surface area contributed by atoms with Gasteiger partial charge in [0.15, 0.2) is 0 Å². The van der Waals surface area contributed by atoms with Crippen LogP contribution in [-0.4, -0.2) is 19.8 Å². The molecule has 106 valence electrons. The van der Waals surface area contributed by atoms with E-state index in [2.05, 4.69) is 51.6 Å². The average Bonchev–Trinajstić information content (AvgIpc) is 2.49. The Kier molecular flexibility index (Phi) is 6.61. The van der Waals surface area contributed by atoms with Gasteiger partial charge in [0.2, 0.25) is 0 Å². The second kappa shape index (κ2) is 8.77. The van der Waals surface area contributed by atoms with Gasteiger partial charge in [-0.3, -0.25) is 0 Å². The van der Waals surface area contributed by atoms with Crippen molar-refractivity contribution in [3.05, 3.63) is 64.6 Å². The summed E-state index contributed by atoms with van der Waals surface area (Å²) < 4.78 is 6.73. The Morgan fingerprint density at radius 1 is 0.900 bits per heavy atom. The van der Waals surface area contributed by atoms with Crippen LogP contribution in [-0.2, 0) is 11.2 Å². The summed E-state index contributed by atoms with van der Waals surface area (Å²) in [7, 11) is 0. The Bertz CT molecular complexity index is 501. The van der Waals surface area contributed by atoms with Gasteiger partial charge in [0.05, 0.1) is 6.61 Å². The number of halogens is 1. The first-order valence-electron chi connectivity index (χ1n) is 6.96. The zero-order valence-electron chi connectivity index (χ0n) is 11.5. The highest BCUT2D eigenvalue weighted by Gasteiger charge is 1.97. The number of anilines is 1. The Hall–Kier alpha value is -1.32. The molecule has 0 heterocycles. The average molecular weight is 334 g/mol. The lowest BCUT2D eigenvalue weighted by Crippen LogP contribution is -2.10. The normalized spacial score (nSPS) is 10.4. The standard InChI is InChI=1S/C17H20BrNO/c18-16-10-4-5-11-17(16)19-12-14-20-13-6-9-15-7-2-1-3-8-15/h1-5,7-8,10-11,19H,6,9,12-14H2. The van der Waals surface area contributed by atoms with Crippen molar-refractivity contribution in [3.8, 4) is 0 Å². The summed E-state index contributed by atoms with van der Waals surface area (Å²) >= 11 is 3.51. The van der Waals surface area contributed by atoms with Crippen molar-refractivity contribution in [2.45, 2.75) is 12.8 Å². The number of benzene rings is 2. The van der Waals surface area contributed by atoms with Gasteiger partial charge < -0.3 is 10.1 Å². The van der Waals surface area contributed by atoms with Gasteiger partial charge in [-0.15, -0.1) is 0 Å². The molecule has 1 N–H and O–H groups in total. The minimum absolute atomic E-state index is 0.732. The topological polar surface area (TPSA) is 21.3 Å². The number of hydrogen-bond donors (Lipinski definition) is 1. The van der Waals surface area contributed by atoms with E-state index < -0.39 is 0 Å². The molecule has 2 aromatic carbocycles. The zero-order valence-corrected chi connectivity index (χ0v) is 13.1. The summed E-state index contributed by atoms with van der Waals surface area (Å²) in [4.78, 5) is 0. The van der Waals surface area contributed by atoms with E-state index in [-0.39, 0.29) is 0 Å². The molecule has 0 aliphatic carbocycles. The highest BCUT2D eigenvalue weighted by molar-refractivity contribution is 9.10. The SMILES string of the molecule is Brc1ccccc1NCCOCCCc1ccccc1. The predicted octanol–water partition coefficient (Wildman–Crippen LogP) is 4.51. The van der Waals surface area contributed by atoms with Crippen molar-refractivity contribution >= 4 is 21.6 Å². The van der Waals surface area contributed by atoms with E-state index in [1.807, 2.05) is 24.3 Å². The molecule has 0 aromatic heterocycles. The van der Waals surface area contributed by atoms with Gasteiger partial charge in [-0.05, 0) is 46.5 Å². The van der Waals surface area contributed by atoms with Crippen LogP contribution in [0.3, 0.4) is 0 Å². The molecule has 0 aliphatic rings. The third-order valence-corrected chi connectivity index (χ3v) is 3.72. The molecule has 0 radical (unpaired) electrons. The van der Waals surface area contributed by atoms with Gasteiger partial charge in [-0.1, -0.05) is 42.5 Å². The summed E-state index contributed by atoms with van der Waals surface area (Å²) in [5, 5.41) is 3.35. The summed E-state index contributed by atoms with van der Waals surface area (Å²) in [5.74, 6) is 0. The van der Waals surface area contributed by atoms with Gasteiger partial charge in [0, 0.05) is 23.3 Å². The van der Waals surface area contributed by atoms with Crippen LogP contribution in [0, 0.1) is 0 Å². The molecule has 0 fully saturated rings. The molecule has 0 bridgehead atoms. The molecular formula is C17H20BrNO. The lowest BCUT2D eigenvalue weighted by atomic mass is 10.1. The van der Waals surface area contributed by atoms with Crippen molar-refractivity contribution < 1.29 is 4.74 Å². The predicted molar refractivity (Wildman–Crippen MR) is 88.2 cm³/mol. The van der Waals surface area contributed by atoms with Crippen LogP contribution in [0.15, 0.2) is 59.1 Å². The van der Waals surface area contributed by atoms with Crippen molar-refractivity contribution in [1.82, 2.24) is 0 Å². The molecule has 2 rings (SSSR count). The molecule has 3 heteroatoms. The quantitative estimate of drug-likeness (QED) is 0.717. The van der Waals surface area contributed by atoms with E-state index in [1.165, 1.54) is 5.56 Å². The molecule has 0 atom stereocenters. The number of nitrogens with one attached hydrogen (secondary N) is 1. The minimum Gasteiger partial charge on any atom is -0.382 e. The Balaban J connectivity index is 1.53. The van der Waals surface area contributed by atoms with Crippen LogP contribution in [0.25, 0.3) is 0 Å². The first-order valence-corrected chi connectivity index (χ1v) is 7.75. The van der Waals surface area contributed by atoms with Crippen LogP contribution < -0.4 is 5.32 Å². The van der Waals surface area contributed by atoms with Gasteiger partial charge in [0.1, 0.15) is 0 Å². The van der Waals surface area contributed by atoms with Crippen LogP contribution in [0.5, 0.6) is 0 Å².